The van der Waals surface area contributed by atoms with Crippen molar-refractivity contribution in [3.05, 3.63) is 24.3 Å². The van der Waals surface area contributed by atoms with E-state index in [0.29, 0.717) is 0 Å². The van der Waals surface area contributed by atoms with Crippen molar-refractivity contribution < 1.29 is 4.74 Å². The van der Waals surface area contributed by atoms with E-state index in [1.165, 1.54) is 11.4 Å². The monoisotopic (exact) mass is 308 g/mol. The van der Waals surface area contributed by atoms with Crippen LogP contribution in [-0.4, -0.2) is 30.8 Å². The first kappa shape index (κ1) is 16.6. The third-order valence-electron chi connectivity index (χ3n) is 3.75. The Morgan fingerprint density at radius 3 is 1.86 bits per heavy atom. The minimum Gasteiger partial charge on any atom is -0.343 e. The van der Waals surface area contributed by atoms with E-state index in [4.69, 9.17) is 4.74 Å². The second kappa shape index (κ2) is 5.44. The highest BCUT2D eigenvalue weighted by Gasteiger charge is 2.47. The number of benzene rings is 1. The normalized spacial score (nSPS) is 19.4. The maximum atomic E-state index is 5.86. The third-order valence-corrected chi connectivity index (χ3v) is 7.13. The molecule has 21 heavy (non-hydrogen) atoms. The minimum absolute atomic E-state index is 0.0213. The van der Waals surface area contributed by atoms with Gasteiger partial charge in [-0.2, -0.15) is 0 Å². The molecule has 1 aromatic rings. The Bertz CT molecular complexity index is 490. The number of para-hydroxylation sites is 2. The summed E-state index contributed by atoms with van der Waals surface area (Å²) in [6.45, 7) is 14.1. The van der Waals surface area contributed by atoms with Crippen LogP contribution in [0.3, 0.4) is 0 Å². The van der Waals surface area contributed by atoms with E-state index in [1.54, 1.807) is 7.11 Å². The fraction of sp³-hybridized carbons (Fsp3) is 0.647. The van der Waals surface area contributed by atoms with Crippen molar-refractivity contribution >= 4 is 19.4 Å². The largest absolute Gasteiger partial charge is 0.343 e. The standard InChI is InChI=1S/C17H29N2OP/c1-16(2,3)21(17(4,5)6)19-14-12-10-9-11-13(14)18(7)15(19)20-8/h9-12,15H,1-8H3. The fourth-order valence-corrected chi connectivity index (χ4v) is 7.61. The van der Waals surface area contributed by atoms with Crippen LogP contribution in [0.4, 0.5) is 11.4 Å². The van der Waals surface area contributed by atoms with Crippen molar-refractivity contribution in [3.8, 4) is 0 Å². The third kappa shape index (κ3) is 2.91. The van der Waals surface area contributed by atoms with Crippen molar-refractivity contribution in [2.75, 3.05) is 23.7 Å². The van der Waals surface area contributed by atoms with Crippen LogP contribution in [0, 0.1) is 0 Å². The number of hydrogen-bond donors (Lipinski definition) is 0. The summed E-state index contributed by atoms with van der Waals surface area (Å²) in [5, 5.41) is 0.422. The highest BCUT2D eigenvalue weighted by Crippen LogP contribution is 2.66. The first-order valence-corrected chi connectivity index (χ1v) is 8.82. The molecule has 1 aliphatic rings. The molecule has 3 nitrogen and oxygen atoms in total. The number of fused-ring (bicyclic) bond motifs is 1. The van der Waals surface area contributed by atoms with E-state index in [0.717, 1.165) is 0 Å². The number of ether oxygens (including phenoxy) is 1. The van der Waals surface area contributed by atoms with Gasteiger partial charge < -0.3 is 14.3 Å². The first-order valence-electron chi connectivity index (χ1n) is 7.53. The molecule has 0 fully saturated rings. The first-order chi connectivity index (χ1) is 9.59. The van der Waals surface area contributed by atoms with Gasteiger partial charge in [0.2, 0.25) is 6.35 Å². The van der Waals surface area contributed by atoms with Gasteiger partial charge in [0.25, 0.3) is 0 Å². The summed E-state index contributed by atoms with van der Waals surface area (Å²) in [6, 6.07) is 8.62. The van der Waals surface area contributed by atoms with Crippen molar-refractivity contribution in [1.82, 2.24) is 0 Å². The van der Waals surface area contributed by atoms with Crippen LogP contribution >= 0.6 is 8.07 Å². The maximum Gasteiger partial charge on any atom is 0.213 e. The molecule has 0 radical (unpaired) electrons. The van der Waals surface area contributed by atoms with Crippen molar-refractivity contribution in [2.24, 2.45) is 0 Å². The summed E-state index contributed by atoms with van der Waals surface area (Å²) in [5.41, 5.74) is 2.55. The molecule has 1 unspecified atom stereocenters. The number of anilines is 2. The van der Waals surface area contributed by atoms with E-state index in [1.807, 2.05) is 0 Å². The van der Waals surface area contributed by atoms with Crippen LogP contribution in [-0.2, 0) is 4.74 Å². The lowest BCUT2D eigenvalue weighted by Gasteiger charge is -2.49. The topological polar surface area (TPSA) is 15.7 Å². The summed E-state index contributed by atoms with van der Waals surface area (Å²) in [7, 11) is 3.49. The molecular formula is C17H29N2OP. The lowest BCUT2D eigenvalue weighted by Crippen LogP contribution is -2.46. The average molecular weight is 308 g/mol. The van der Waals surface area contributed by atoms with Gasteiger partial charge in [0.05, 0.1) is 11.4 Å². The molecule has 0 spiro atoms. The molecule has 1 heterocycles. The van der Waals surface area contributed by atoms with Gasteiger partial charge in [0.1, 0.15) is 0 Å². The van der Waals surface area contributed by atoms with Gasteiger partial charge in [-0.25, -0.2) is 0 Å². The van der Waals surface area contributed by atoms with E-state index < -0.39 is 8.07 Å². The molecule has 0 aliphatic carbocycles. The predicted molar refractivity (Wildman–Crippen MR) is 94.5 cm³/mol. The van der Waals surface area contributed by atoms with Crippen molar-refractivity contribution in [3.63, 3.8) is 0 Å². The van der Waals surface area contributed by atoms with Gasteiger partial charge in [0.15, 0.2) is 0 Å². The Kier molecular flexibility index (Phi) is 4.30. The summed E-state index contributed by atoms with van der Waals surface area (Å²) < 4.78 is 8.38. The lowest BCUT2D eigenvalue weighted by molar-refractivity contribution is 0.118. The Hall–Kier alpha value is -0.790. The quantitative estimate of drug-likeness (QED) is 0.725. The summed E-state index contributed by atoms with van der Waals surface area (Å²) in [6.07, 6.45) is -0.0213. The van der Waals surface area contributed by atoms with Crippen LogP contribution < -0.4 is 9.57 Å². The molecule has 2 rings (SSSR count). The molecule has 0 N–H and O–H groups in total. The van der Waals surface area contributed by atoms with Gasteiger partial charge in [0, 0.05) is 32.5 Å². The van der Waals surface area contributed by atoms with E-state index >= 15 is 0 Å². The number of hydrogen-bond acceptors (Lipinski definition) is 3. The Labute approximate surface area is 131 Å². The molecule has 0 bridgehead atoms. The molecule has 0 saturated carbocycles. The lowest BCUT2D eigenvalue weighted by atomic mass is 10.2. The molecule has 118 valence electrons. The Morgan fingerprint density at radius 1 is 0.952 bits per heavy atom. The smallest absolute Gasteiger partial charge is 0.213 e. The SMILES string of the molecule is COC1N(C)c2ccccc2N1P(C(C)(C)C)C(C)(C)C. The van der Waals surface area contributed by atoms with Crippen LogP contribution in [0.5, 0.6) is 0 Å². The summed E-state index contributed by atoms with van der Waals surface area (Å²) in [4.78, 5) is 2.24. The van der Waals surface area contributed by atoms with Crippen LogP contribution in [0.2, 0.25) is 0 Å². The molecule has 0 aromatic heterocycles. The average Bonchev–Trinajstić information content (AvgIpc) is 2.60. The van der Waals surface area contributed by atoms with E-state index in [9.17, 15) is 0 Å². The molecule has 0 saturated heterocycles. The van der Waals surface area contributed by atoms with Crippen molar-refractivity contribution in [2.45, 2.75) is 58.2 Å². The van der Waals surface area contributed by atoms with Gasteiger partial charge in [-0.1, -0.05) is 53.7 Å². The molecule has 1 aromatic carbocycles. The van der Waals surface area contributed by atoms with Gasteiger partial charge in [-0.05, 0) is 12.1 Å². The number of methoxy groups -OCH3 is 1. The van der Waals surface area contributed by atoms with Gasteiger partial charge in [-0.3, -0.25) is 0 Å². The molecular weight excluding hydrogens is 279 g/mol. The summed E-state index contributed by atoms with van der Waals surface area (Å²) in [5.74, 6) is 0. The number of nitrogens with zero attached hydrogens (tertiary/aromatic N) is 2. The fourth-order valence-electron chi connectivity index (χ4n) is 3.48. The molecule has 1 atom stereocenters. The number of rotatable bonds is 2. The predicted octanol–water partition coefficient (Wildman–Crippen LogP) is 4.87. The zero-order valence-corrected chi connectivity index (χ0v) is 15.5. The highest BCUT2D eigenvalue weighted by molar-refractivity contribution is 7.62. The molecule has 4 heteroatoms. The Balaban J connectivity index is 2.58. The second-order valence-corrected chi connectivity index (χ2v) is 11.4. The van der Waals surface area contributed by atoms with E-state index in [2.05, 4.69) is 82.4 Å². The van der Waals surface area contributed by atoms with Gasteiger partial charge >= 0.3 is 0 Å². The van der Waals surface area contributed by atoms with Crippen LogP contribution in [0.15, 0.2) is 24.3 Å². The van der Waals surface area contributed by atoms with Crippen LogP contribution in [0.1, 0.15) is 41.5 Å². The van der Waals surface area contributed by atoms with E-state index in [-0.39, 0.29) is 16.7 Å². The molecule has 1 aliphatic heterocycles. The molecule has 0 amide bonds. The zero-order chi connectivity index (χ0) is 16.0. The zero-order valence-electron chi connectivity index (χ0n) is 14.6. The Morgan fingerprint density at radius 2 is 1.43 bits per heavy atom. The second-order valence-electron chi connectivity index (χ2n) is 7.66. The van der Waals surface area contributed by atoms with Gasteiger partial charge in [-0.15, -0.1) is 0 Å². The minimum atomic E-state index is -0.436. The van der Waals surface area contributed by atoms with Crippen LogP contribution in [0.25, 0.3) is 0 Å². The maximum absolute atomic E-state index is 5.86. The summed E-state index contributed by atoms with van der Waals surface area (Å²) >= 11 is 0. The van der Waals surface area contributed by atoms with Crippen molar-refractivity contribution in [1.29, 1.82) is 0 Å². The highest BCUT2D eigenvalue weighted by atomic mass is 31.1.